The molecule has 0 amide bonds. The highest BCUT2D eigenvalue weighted by Gasteiger charge is 2.19. The van der Waals surface area contributed by atoms with Gasteiger partial charge in [0.05, 0.1) is 18.0 Å². The van der Waals surface area contributed by atoms with E-state index in [4.69, 9.17) is 0 Å². The van der Waals surface area contributed by atoms with Crippen molar-refractivity contribution in [1.29, 1.82) is 0 Å². The number of imidazole rings is 1. The Bertz CT molecular complexity index is 1680. The molecule has 0 radical (unpaired) electrons. The van der Waals surface area contributed by atoms with Crippen molar-refractivity contribution in [3.8, 4) is 16.8 Å². The minimum Gasteiger partial charge on any atom is -0.392 e. The van der Waals surface area contributed by atoms with Gasteiger partial charge < -0.3 is 14.8 Å². The number of nitrogens with zero attached hydrogens (tertiary/aromatic N) is 3. The Balaban J connectivity index is 1.68. The van der Waals surface area contributed by atoms with Gasteiger partial charge in [-0.1, -0.05) is 45.0 Å². The lowest BCUT2D eigenvalue weighted by molar-refractivity contribution is 0.282. The number of hydrogen-bond acceptors (Lipinski definition) is 4. The normalized spacial score (nSPS) is 12.4. The maximum Gasteiger partial charge on any atom is 0.262 e. The molecule has 0 spiro atoms. The Morgan fingerprint density at radius 3 is 2.46 bits per heavy atom. The molecule has 5 rings (SSSR count). The number of aromatic nitrogens is 3. The van der Waals surface area contributed by atoms with E-state index in [1.807, 2.05) is 53.2 Å². The lowest BCUT2D eigenvalue weighted by Crippen LogP contribution is -2.26. The van der Waals surface area contributed by atoms with Crippen molar-refractivity contribution in [2.24, 2.45) is 0 Å². The average molecular weight is 495 g/mol. The molecule has 2 aromatic carbocycles. The Labute approximate surface area is 217 Å². The molecular formula is C31H34N4O2. The van der Waals surface area contributed by atoms with Crippen LogP contribution in [-0.4, -0.2) is 24.6 Å². The molecule has 0 aliphatic carbocycles. The molecule has 0 saturated heterocycles. The summed E-state index contributed by atoms with van der Waals surface area (Å²) in [7, 11) is 0. The molecule has 0 atom stereocenters. The third kappa shape index (κ3) is 4.65. The van der Waals surface area contributed by atoms with E-state index in [0.717, 1.165) is 27.8 Å². The number of rotatable bonds is 4. The van der Waals surface area contributed by atoms with Gasteiger partial charge in [-0.25, -0.2) is 4.98 Å². The third-order valence-corrected chi connectivity index (χ3v) is 6.65. The van der Waals surface area contributed by atoms with Crippen LogP contribution in [0.25, 0.3) is 33.2 Å². The summed E-state index contributed by atoms with van der Waals surface area (Å²) in [5, 5.41) is 15.6. The highest BCUT2D eigenvalue weighted by molar-refractivity contribution is 5.83. The molecule has 0 saturated carbocycles. The first-order valence-electron chi connectivity index (χ1n) is 12.6. The van der Waals surface area contributed by atoms with E-state index in [0.29, 0.717) is 16.6 Å². The van der Waals surface area contributed by atoms with E-state index >= 15 is 0 Å². The second kappa shape index (κ2) is 8.89. The second-order valence-corrected chi connectivity index (χ2v) is 11.7. The van der Waals surface area contributed by atoms with Crippen LogP contribution in [0.3, 0.4) is 0 Å². The standard InChI is InChI=1S/C31H34N4O2/c1-30(2,3)22-10-11-24-20(16-22)12-14-35(29(24)37)27-9-7-8-23(25(27)19-36)21-17-26(33-31(4,5)6)28-32-13-15-34(28)18-21/h7-18,33,36H,19H2,1-6H3. The minimum absolute atomic E-state index is 0.00151. The van der Waals surface area contributed by atoms with Crippen molar-refractivity contribution in [3.63, 3.8) is 0 Å². The van der Waals surface area contributed by atoms with Crippen molar-refractivity contribution in [3.05, 3.63) is 94.8 Å². The fourth-order valence-corrected chi connectivity index (χ4v) is 4.82. The Kier molecular flexibility index (Phi) is 5.95. The zero-order chi connectivity index (χ0) is 26.5. The topological polar surface area (TPSA) is 71.6 Å². The van der Waals surface area contributed by atoms with Crippen LogP contribution < -0.4 is 10.9 Å². The summed E-state index contributed by atoms with van der Waals surface area (Å²) < 4.78 is 3.62. The number of aliphatic hydroxyl groups excluding tert-OH is 1. The fraction of sp³-hybridized carbons (Fsp3) is 0.290. The van der Waals surface area contributed by atoms with E-state index in [9.17, 15) is 9.90 Å². The Morgan fingerprint density at radius 1 is 0.973 bits per heavy atom. The smallest absolute Gasteiger partial charge is 0.262 e. The third-order valence-electron chi connectivity index (χ3n) is 6.65. The molecule has 0 bridgehead atoms. The molecular weight excluding hydrogens is 460 g/mol. The Hall–Kier alpha value is -3.90. The van der Waals surface area contributed by atoms with Crippen molar-refractivity contribution >= 4 is 22.1 Å². The summed E-state index contributed by atoms with van der Waals surface area (Å²) >= 11 is 0. The van der Waals surface area contributed by atoms with Crippen molar-refractivity contribution in [2.45, 2.75) is 59.1 Å². The summed E-state index contributed by atoms with van der Waals surface area (Å²) in [5.74, 6) is 0. The van der Waals surface area contributed by atoms with E-state index < -0.39 is 0 Å². The van der Waals surface area contributed by atoms with E-state index in [1.165, 1.54) is 5.56 Å². The summed E-state index contributed by atoms with van der Waals surface area (Å²) in [6.07, 6.45) is 7.50. The van der Waals surface area contributed by atoms with Crippen LogP contribution in [0.1, 0.15) is 52.7 Å². The molecule has 5 aromatic rings. The highest BCUT2D eigenvalue weighted by atomic mass is 16.3. The van der Waals surface area contributed by atoms with Crippen LogP contribution in [0.2, 0.25) is 0 Å². The van der Waals surface area contributed by atoms with Crippen LogP contribution in [0.15, 0.2) is 78.1 Å². The van der Waals surface area contributed by atoms with Gasteiger partial charge >= 0.3 is 0 Å². The fourth-order valence-electron chi connectivity index (χ4n) is 4.82. The molecule has 0 unspecified atom stereocenters. The zero-order valence-electron chi connectivity index (χ0n) is 22.3. The van der Waals surface area contributed by atoms with Gasteiger partial charge in [0.2, 0.25) is 0 Å². The van der Waals surface area contributed by atoms with E-state index in [2.05, 4.69) is 64.0 Å². The van der Waals surface area contributed by atoms with Crippen molar-refractivity contribution in [2.75, 3.05) is 5.32 Å². The van der Waals surface area contributed by atoms with Crippen LogP contribution >= 0.6 is 0 Å². The molecule has 0 aliphatic heterocycles. The molecule has 0 fully saturated rings. The van der Waals surface area contributed by atoms with Crippen LogP contribution in [0.4, 0.5) is 5.69 Å². The molecule has 37 heavy (non-hydrogen) atoms. The quantitative estimate of drug-likeness (QED) is 0.307. The second-order valence-electron chi connectivity index (χ2n) is 11.7. The van der Waals surface area contributed by atoms with E-state index in [1.54, 1.807) is 17.0 Å². The summed E-state index contributed by atoms with van der Waals surface area (Å²) in [6.45, 7) is 12.6. The summed E-state index contributed by atoms with van der Waals surface area (Å²) in [6, 6.07) is 15.9. The molecule has 2 N–H and O–H groups in total. The average Bonchev–Trinajstić information content (AvgIpc) is 3.31. The SMILES string of the molecule is CC(C)(C)Nc1cc(-c2cccc(-n3ccc4cc(C(C)(C)C)ccc4c3=O)c2CO)cn2ccnc12. The number of anilines is 1. The van der Waals surface area contributed by atoms with Gasteiger partial charge in [0.25, 0.3) is 5.56 Å². The van der Waals surface area contributed by atoms with Gasteiger partial charge in [0.1, 0.15) is 0 Å². The predicted molar refractivity (Wildman–Crippen MR) is 152 cm³/mol. The number of benzene rings is 2. The monoisotopic (exact) mass is 494 g/mol. The minimum atomic E-state index is -0.205. The lowest BCUT2D eigenvalue weighted by atomic mass is 9.86. The largest absolute Gasteiger partial charge is 0.392 e. The first-order chi connectivity index (χ1) is 17.5. The maximum absolute atomic E-state index is 13.6. The molecule has 3 heterocycles. The first kappa shape index (κ1) is 24.8. The maximum atomic E-state index is 13.6. The van der Waals surface area contributed by atoms with Gasteiger partial charge in [-0.2, -0.15) is 0 Å². The highest BCUT2D eigenvalue weighted by Crippen LogP contribution is 2.33. The lowest BCUT2D eigenvalue weighted by Gasteiger charge is -2.23. The number of aliphatic hydroxyl groups is 1. The molecule has 6 heteroatoms. The number of fused-ring (bicyclic) bond motifs is 2. The summed E-state index contributed by atoms with van der Waals surface area (Å²) in [5.41, 5.74) is 5.81. The molecule has 0 aliphatic rings. The molecule has 3 aromatic heterocycles. The van der Waals surface area contributed by atoms with Crippen molar-refractivity contribution in [1.82, 2.24) is 14.0 Å². The molecule has 190 valence electrons. The van der Waals surface area contributed by atoms with Gasteiger partial charge in [0.15, 0.2) is 5.65 Å². The van der Waals surface area contributed by atoms with Gasteiger partial charge in [-0.3, -0.25) is 9.36 Å². The summed E-state index contributed by atoms with van der Waals surface area (Å²) in [4.78, 5) is 18.1. The van der Waals surface area contributed by atoms with Crippen LogP contribution in [0.5, 0.6) is 0 Å². The van der Waals surface area contributed by atoms with Gasteiger partial charge in [0, 0.05) is 46.8 Å². The van der Waals surface area contributed by atoms with Crippen LogP contribution in [-0.2, 0) is 12.0 Å². The first-order valence-corrected chi connectivity index (χ1v) is 12.6. The number of pyridine rings is 2. The molecule has 6 nitrogen and oxygen atoms in total. The number of hydrogen-bond donors (Lipinski definition) is 2. The van der Waals surface area contributed by atoms with E-state index in [-0.39, 0.29) is 23.1 Å². The van der Waals surface area contributed by atoms with Gasteiger partial charge in [-0.15, -0.1) is 0 Å². The zero-order valence-corrected chi connectivity index (χ0v) is 22.3. The number of nitrogens with one attached hydrogen (secondary N) is 1. The van der Waals surface area contributed by atoms with Crippen LogP contribution in [0, 0.1) is 0 Å². The van der Waals surface area contributed by atoms with Gasteiger partial charge in [-0.05, 0) is 67.0 Å². The van der Waals surface area contributed by atoms with Crippen molar-refractivity contribution < 1.29 is 5.11 Å². The Morgan fingerprint density at radius 2 is 1.76 bits per heavy atom. The predicted octanol–water partition coefficient (Wildman–Crippen LogP) is 6.31.